The summed E-state index contributed by atoms with van der Waals surface area (Å²) in [4.78, 5) is 13.9. The zero-order valence-electron chi connectivity index (χ0n) is 8.87. The predicted octanol–water partition coefficient (Wildman–Crippen LogP) is 1.08. The molecule has 80 valence electrons. The first-order valence-electron chi connectivity index (χ1n) is 5.65. The maximum absolute atomic E-state index is 11.7. The fraction of sp³-hybridized carbons (Fsp3) is 0.909. The van der Waals surface area contributed by atoms with Gasteiger partial charge in [-0.15, -0.1) is 0 Å². The molecule has 0 aromatic rings. The Kier molecular flexibility index (Phi) is 3.19. The van der Waals surface area contributed by atoms with Gasteiger partial charge in [0, 0.05) is 18.5 Å². The second-order valence-electron chi connectivity index (χ2n) is 4.35. The maximum atomic E-state index is 11.7. The molecule has 2 rings (SSSR count). The molecule has 3 heteroatoms. The second-order valence-corrected chi connectivity index (χ2v) is 4.35. The van der Waals surface area contributed by atoms with E-state index in [0.29, 0.717) is 24.3 Å². The van der Waals surface area contributed by atoms with Gasteiger partial charge in [0.15, 0.2) is 0 Å². The molecule has 2 fully saturated rings. The molecular weight excluding hydrogens is 178 g/mol. The second kappa shape index (κ2) is 4.41. The van der Waals surface area contributed by atoms with E-state index in [1.807, 2.05) is 0 Å². The molecule has 0 aromatic carbocycles. The molecule has 1 aliphatic carbocycles. The third-order valence-corrected chi connectivity index (χ3v) is 3.21. The molecule has 0 amide bonds. The number of morpholine rings is 1. The molecule has 1 saturated carbocycles. The van der Waals surface area contributed by atoms with E-state index in [0.717, 1.165) is 39.0 Å². The number of Topliss-reactive ketones (excluding diaryl/α,β-unsaturated/α-hetero) is 1. The Bertz CT molecular complexity index is 213. The van der Waals surface area contributed by atoms with Crippen molar-refractivity contribution in [2.24, 2.45) is 5.92 Å². The molecule has 0 N–H and O–H groups in total. The zero-order chi connectivity index (χ0) is 9.97. The minimum Gasteiger partial charge on any atom is -0.378 e. The third-order valence-electron chi connectivity index (χ3n) is 3.21. The summed E-state index contributed by atoms with van der Waals surface area (Å²) >= 11 is 0. The van der Waals surface area contributed by atoms with Gasteiger partial charge in [-0.05, 0) is 19.3 Å². The maximum Gasteiger partial charge on any atom is 0.149 e. The zero-order valence-corrected chi connectivity index (χ0v) is 8.87. The van der Waals surface area contributed by atoms with Gasteiger partial charge in [0.2, 0.25) is 0 Å². The monoisotopic (exact) mass is 197 g/mol. The van der Waals surface area contributed by atoms with Gasteiger partial charge in [-0.25, -0.2) is 0 Å². The van der Waals surface area contributed by atoms with E-state index in [2.05, 4.69) is 11.8 Å². The van der Waals surface area contributed by atoms with Crippen molar-refractivity contribution in [3.63, 3.8) is 0 Å². The van der Waals surface area contributed by atoms with Crippen molar-refractivity contribution in [3.05, 3.63) is 0 Å². The standard InChI is InChI=1S/C11H19NO2/c1-2-10-8-14-6-5-12(10)7-11(13)9-3-4-9/h9-10H,2-8H2,1H3. The van der Waals surface area contributed by atoms with Crippen LogP contribution in [0.4, 0.5) is 0 Å². The van der Waals surface area contributed by atoms with Crippen LogP contribution in [0.15, 0.2) is 0 Å². The highest BCUT2D eigenvalue weighted by molar-refractivity contribution is 5.85. The Hall–Kier alpha value is -0.410. The number of rotatable bonds is 4. The Morgan fingerprint density at radius 2 is 2.29 bits per heavy atom. The fourth-order valence-corrected chi connectivity index (χ4v) is 2.01. The smallest absolute Gasteiger partial charge is 0.149 e. The highest BCUT2D eigenvalue weighted by atomic mass is 16.5. The average Bonchev–Trinajstić information content (AvgIpc) is 3.02. The number of nitrogens with zero attached hydrogens (tertiary/aromatic N) is 1. The van der Waals surface area contributed by atoms with Gasteiger partial charge >= 0.3 is 0 Å². The number of ketones is 1. The van der Waals surface area contributed by atoms with Crippen molar-refractivity contribution < 1.29 is 9.53 Å². The first kappa shape index (κ1) is 10.1. The van der Waals surface area contributed by atoms with Crippen molar-refractivity contribution in [2.75, 3.05) is 26.3 Å². The van der Waals surface area contributed by atoms with Gasteiger partial charge < -0.3 is 4.74 Å². The fourth-order valence-electron chi connectivity index (χ4n) is 2.01. The summed E-state index contributed by atoms with van der Waals surface area (Å²) in [6.45, 7) is 5.33. The van der Waals surface area contributed by atoms with Crippen molar-refractivity contribution in [1.82, 2.24) is 4.90 Å². The molecule has 1 aliphatic heterocycles. The highest BCUT2D eigenvalue weighted by Gasteiger charge is 2.32. The SMILES string of the molecule is CCC1COCCN1CC(=O)C1CC1. The van der Waals surface area contributed by atoms with Crippen LogP contribution >= 0.6 is 0 Å². The van der Waals surface area contributed by atoms with Crippen molar-refractivity contribution in [3.8, 4) is 0 Å². The summed E-state index contributed by atoms with van der Waals surface area (Å²) < 4.78 is 5.41. The quantitative estimate of drug-likeness (QED) is 0.675. The van der Waals surface area contributed by atoms with Crippen LogP contribution in [0.1, 0.15) is 26.2 Å². The summed E-state index contributed by atoms with van der Waals surface area (Å²) in [5.41, 5.74) is 0. The van der Waals surface area contributed by atoms with Gasteiger partial charge in [-0.2, -0.15) is 0 Å². The summed E-state index contributed by atoms with van der Waals surface area (Å²) in [5.74, 6) is 0.848. The van der Waals surface area contributed by atoms with Gasteiger partial charge in [0.05, 0.1) is 19.8 Å². The van der Waals surface area contributed by atoms with E-state index in [1.165, 1.54) is 0 Å². The molecule has 0 bridgehead atoms. The molecule has 1 saturated heterocycles. The van der Waals surface area contributed by atoms with Crippen molar-refractivity contribution >= 4 is 5.78 Å². The summed E-state index contributed by atoms with van der Waals surface area (Å²) in [6, 6.07) is 0.464. The molecule has 0 radical (unpaired) electrons. The Morgan fingerprint density at radius 3 is 2.93 bits per heavy atom. The van der Waals surface area contributed by atoms with E-state index in [-0.39, 0.29) is 0 Å². The van der Waals surface area contributed by atoms with Gasteiger partial charge in [0.1, 0.15) is 5.78 Å². The van der Waals surface area contributed by atoms with Crippen LogP contribution in [0.25, 0.3) is 0 Å². The van der Waals surface area contributed by atoms with Crippen LogP contribution in [-0.4, -0.2) is 43.0 Å². The van der Waals surface area contributed by atoms with Crippen molar-refractivity contribution in [2.45, 2.75) is 32.2 Å². The van der Waals surface area contributed by atoms with Crippen LogP contribution in [0.2, 0.25) is 0 Å². The van der Waals surface area contributed by atoms with Crippen LogP contribution in [0.5, 0.6) is 0 Å². The first-order chi connectivity index (χ1) is 6.81. The third kappa shape index (κ3) is 2.34. The predicted molar refractivity (Wildman–Crippen MR) is 54.2 cm³/mol. The van der Waals surface area contributed by atoms with Crippen LogP contribution < -0.4 is 0 Å². The van der Waals surface area contributed by atoms with Crippen LogP contribution in [-0.2, 0) is 9.53 Å². The lowest BCUT2D eigenvalue weighted by molar-refractivity contribution is -0.123. The highest BCUT2D eigenvalue weighted by Crippen LogP contribution is 2.30. The Morgan fingerprint density at radius 1 is 1.50 bits per heavy atom. The summed E-state index contributed by atoms with van der Waals surface area (Å²) in [7, 11) is 0. The van der Waals surface area contributed by atoms with E-state index in [1.54, 1.807) is 0 Å². The Balaban J connectivity index is 1.83. The number of carbonyl (C=O) groups is 1. The van der Waals surface area contributed by atoms with Gasteiger partial charge in [-0.1, -0.05) is 6.92 Å². The Labute approximate surface area is 85.4 Å². The van der Waals surface area contributed by atoms with E-state index in [9.17, 15) is 4.79 Å². The molecule has 0 aromatic heterocycles. The average molecular weight is 197 g/mol. The summed E-state index contributed by atoms with van der Waals surface area (Å²) in [5, 5.41) is 0. The lowest BCUT2D eigenvalue weighted by Crippen LogP contribution is -2.47. The normalized spacial score (nSPS) is 29.1. The van der Waals surface area contributed by atoms with E-state index >= 15 is 0 Å². The molecule has 1 unspecified atom stereocenters. The molecule has 1 heterocycles. The molecule has 3 nitrogen and oxygen atoms in total. The van der Waals surface area contributed by atoms with E-state index < -0.39 is 0 Å². The van der Waals surface area contributed by atoms with Crippen LogP contribution in [0.3, 0.4) is 0 Å². The van der Waals surface area contributed by atoms with Gasteiger partial charge in [0.25, 0.3) is 0 Å². The molecule has 1 atom stereocenters. The number of hydrogen-bond donors (Lipinski definition) is 0. The molecule has 0 spiro atoms. The number of hydrogen-bond acceptors (Lipinski definition) is 3. The minimum atomic E-state index is 0.398. The molecular formula is C11H19NO2. The van der Waals surface area contributed by atoms with Gasteiger partial charge in [-0.3, -0.25) is 9.69 Å². The lowest BCUT2D eigenvalue weighted by atomic mass is 10.1. The minimum absolute atomic E-state index is 0.398. The molecule has 2 aliphatic rings. The summed E-state index contributed by atoms with van der Waals surface area (Å²) in [6.07, 6.45) is 3.33. The molecule has 14 heavy (non-hydrogen) atoms. The number of carbonyl (C=O) groups excluding carboxylic acids is 1. The number of ether oxygens (including phenoxy) is 1. The lowest BCUT2D eigenvalue weighted by Gasteiger charge is -2.34. The van der Waals surface area contributed by atoms with Crippen molar-refractivity contribution in [1.29, 1.82) is 0 Å². The largest absolute Gasteiger partial charge is 0.378 e. The van der Waals surface area contributed by atoms with Crippen LogP contribution in [0, 0.1) is 5.92 Å². The topological polar surface area (TPSA) is 29.5 Å². The first-order valence-corrected chi connectivity index (χ1v) is 5.65. The van der Waals surface area contributed by atoms with E-state index in [4.69, 9.17) is 4.74 Å².